The maximum absolute atomic E-state index is 12.2. The zero-order valence-corrected chi connectivity index (χ0v) is 11.3. The number of aryl methyl sites for hydroxylation is 1. The minimum absolute atomic E-state index is 0.289. The summed E-state index contributed by atoms with van der Waals surface area (Å²) in [5.41, 5.74) is 0.667. The van der Waals surface area contributed by atoms with E-state index in [9.17, 15) is 10.1 Å². The number of nitrogens with zero attached hydrogens (tertiary/aromatic N) is 3. The Hall–Kier alpha value is -1.93. The van der Waals surface area contributed by atoms with Gasteiger partial charge in [-0.15, -0.1) is 0 Å². The lowest BCUT2D eigenvalue weighted by atomic mass is 9.96. The first-order valence-electron chi connectivity index (χ1n) is 5.30. The third kappa shape index (κ3) is 2.34. The lowest BCUT2D eigenvalue weighted by Gasteiger charge is -2.08. The van der Waals surface area contributed by atoms with Gasteiger partial charge in [0.15, 0.2) is 5.82 Å². The fourth-order valence-corrected chi connectivity index (χ4v) is 2.12. The van der Waals surface area contributed by atoms with Crippen molar-refractivity contribution in [1.29, 1.82) is 5.26 Å². The van der Waals surface area contributed by atoms with E-state index < -0.39 is 5.92 Å². The molecule has 1 heterocycles. The number of benzene rings is 1. The summed E-state index contributed by atoms with van der Waals surface area (Å²) in [6.07, 6.45) is 3.23. The molecule has 1 aromatic heterocycles. The molecule has 0 saturated heterocycles. The van der Waals surface area contributed by atoms with Crippen molar-refractivity contribution in [2.45, 2.75) is 5.92 Å². The van der Waals surface area contributed by atoms with E-state index in [1.54, 1.807) is 42.2 Å². The molecule has 0 N–H and O–H groups in total. The maximum Gasteiger partial charge on any atom is 0.219 e. The molecule has 0 aliphatic carbocycles. The smallest absolute Gasteiger partial charge is 0.219 e. The van der Waals surface area contributed by atoms with Gasteiger partial charge in [-0.2, -0.15) is 5.26 Å². The van der Waals surface area contributed by atoms with Crippen molar-refractivity contribution in [1.82, 2.24) is 9.55 Å². The number of halogens is 1. The molecule has 0 aliphatic heterocycles. The van der Waals surface area contributed by atoms with Crippen LogP contribution in [0, 0.1) is 11.3 Å². The molecule has 0 saturated carbocycles. The zero-order chi connectivity index (χ0) is 13.1. The van der Waals surface area contributed by atoms with E-state index in [4.69, 9.17) is 0 Å². The molecule has 1 aromatic carbocycles. The molecule has 0 spiro atoms. The van der Waals surface area contributed by atoms with Crippen molar-refractivity contribution < 1.29 is 4.79 Å². The fraction of sp³-hybridized carbons (Fsp3) is 0.154. The summed E-state index contributed by atoms with van der Waals surface area (Å²) in [6, 6.07) is 9.22. The Morgan fingerprint density at radius 2 is 2.33 bits per heavy atom. The lowest BCUT2D eigenvalue weighted by molar-refractivity contribution is 0.0966. The Kier molecular flexibility index (Phi) is 3.58. The third-order valence-electron chi connectivity index (χ3n) is 2.61. The van der Waals surface area contributed by atoms with Crippen LogP contribution >= 0.6 is 15.9 Å². The standard InChI is InChI=1S/C13H10BrN3O/c1-17-6-5-16-13(17)12(18)11(8-15)9-3-2-4-10(14)7-9/h2-7,11H,1H3. The molecule has 4 nitrogen and oxygen atoms in total. The van der Waals surface area contributed by atoms with Crippen LogP contribution in [0.2, 0.25) is 0 Å². The first kappa shape index (κ1) is 12.5. The molecule has 2 aromatic rings. The third-order valence-corrected chi connectivity index (χ3v) is 3.11. The molecular formula is C13H10BrN3O. The Balaban J connectivity index is 2.39. The first-order valence-corrected chi connectivity index (χ1v) is 6.09. The predicted octanol–water partition coefficient (Wildman–Crippen LogP) is 2.67. The maximum atomic E-state index is 12.2. The number of rotatable bonds is 3. The summed E-state index contributed by atoms with van der Waals surface area (Å²) in [7, 11) is 1.73. The highest BCUT2D eigenvalue weighted by Crippen LogP contribution is 2.22. The second kappa shape index (κ2) is 5.15. The Bertz CT molecular complexity index is 627. The van der Waals surface area contributed by atoms with Crippen molar-refractivity contribution in [3.8, 4) is 6.07 Å². The van der Waals surface area contributed by atoms with Crippen LogP contribution in [0.4, 0.5) is 0 Å². The molecule has 90 valence electrons. The summed E-state index contributed by atoms with van der Waals surface area (Å²) >= 11 is 3.33. The first-order chi connectivity index (χ1) is 8.63. The molecule has 0 fully saturated rings. The van der Waals surface area contributed by atoms with Gasteiger partial charge in [-0.3, -0.25) is 4.79 Å². The molecule has 2 rings (SSSR count). The number of imidazole rings is 1. The van der Waals surface area contributed by atoms with E-state index in [-0.39, 0.29) is 5.78 Å². The zero-order valence-electron chi connectivity index (χ0n) is 9.67. The van der Waals surface area contributed by atoms with E-state index >= 15 is 0 Å². The predicted molar refractivity (Wildman–Crippen MR) is 70.0 cm³/mol. The summed E-state index contributed by atoms with van der Waals surface area (Å²) in [5.74, 6) is -0.826. The average molecular weight is 304 g/mol. The van der Waals surface area contributed by atoms with E-state index in [0.717, 1.165) is 4.47 Å². The second-order valence-corrected chi connectivity index (χ2v) is 4.76. The van der Waals surface area contributed by atoms with E-state index in [0.29, 0.717) is 11.4 Å². The van der Waals surface area contributed by atoms with Gasteiger partial charge in [0.25, 0.3) is 0 Å². The molecule has 0 radical (unpaired) electrons. The van der Waals surface area contributed by atoms with E-state index in [1.165, 1.54) is 0 Å². The average Bonchev–Trinajstić information content (AvgIpc) is 2.76. The summed E-state index contributed by atoms with van der Waals surface area (Å²) < 4.78 is 2.46. The van der Waals surface area contributed by atoms with Crippen LogP contribution in [-0.2, 0) is 7.05 Å². The number of aromatic nitrogens is 2. The van der Waals surface area contributed by atoms with Gasteiger partial charge in [0.2, 0.25) is 5.78 Å². The number of carbonyl (C=O) groups is 1. The second-order valence-electron chi connectivity index (χ2n) is 3.84. The van der Waals surface area contributed by atoms with Crippen LogP contribution in [0.25, 0.3) is 0 Å². The van der Waals surface area contributed by atoms with Crippen molar-refractivity contribution in [2.75, 3.05) is 0 Å². The highest BCUT2D eigenvalue weighted by atomic mass is 79.9. The SMILES string of the molecule is Cn1ccnc1C(=O)C(C#N)c1cccc(Br)c1. The van der Waals surface area contributed by atoms with Gasteiger partial charge in [0.05, 0.1) is 6.07 Å². The number of hydrogen-bond acceptors (Lipinski definition) is 3. The van der Waals surface area contributed by atoms with Gasteiger partial charge < -0.3 is 4.57 Å². The molecule has 18 heavy (non-hydrogen) atoms. The van der Waals surface area contributed by atoms with E-state index in [1.807, 2.05) is 12.1 Å². The highest BCUT2D eigenvalue weighted by molar-refractivity contribution is 9.10. The Labute approximate surface area is 113 Å². The van der Waals surface area contributed by atoms with Crippen molar-refractivity contribution in [3.05, 3.63) is 52.5 Å². The molecule has 0 amide bonds. The summed E-state index contributed by atoms with van der Waals surface area (Å²) in [5, 5.41) is 9.21. The van der Waals surface area contributed by atoms with Crippen molar-refractivity contribution in [3.63, 3.8) is 0 Å². The minimum Gasteiger partial charge on any atom is -0.332 e. The van der Waals surface area contributed by atoms with Crippen LogP contribution in [-0.4, -0.2) is 15.3 Å². The van der Waals surface area contributed by atoms with Crippen LogP contribution in [0.5, 0.6) is 0 Å². The monoisotopic (exact) mass is 303 g/mol. The van der Waals surface area contributed by atoms with Gasteiger partial charge in [-0.05, 0) is 17.7 Å². The number of Topliss-reactive ketones (excluding diaryl/α,β-unsaturated/α-hetero) is 1. The summed E-state index contributed by atoms with van der Waals surface area (Å²) in [4.78, 5) is 16.2. The van der Waals surface area contributed by atoms with Crippen LogP contribution in [0.15, 0.2) is 41.1 Å². The van der Waals surface area contributed by atoms with Crippen LogP contribution in [0.1, 0.15) is 22.1 Å². The highest BCUT2D eigenvalue weighted by Gasteiger charge is 2.24. The minimum atomic E-state index is -0.830. The Morgan fingerprint density at radius 1 is 1.56 bits per heavy atom. The number of carbonyl (C=O) groups excluding carboxylic acids is 1. The number of nitriles is 1. The molecule has 5 heteroatoms. The fourth-order valence-electron chi connectivity index (χ4n) is 1.70. The van der Waals surface area contributed by atoms with Gasteiger partial charge in [-0.25, -0.2) is 4.98 Å². The molecule has 0 bridgehead atoms. The van der Waals surface area contributed by atoms with E-state index in [2.05, 4.69) is 20.9 Å². The van der Waals surface area contributed by atoms with Crippen LogP contribution < -0.4 is 0 Å². The van der Waals surface area contributed by atoms with Crippen LogP contribution in [0.3, 0.4) is 0 Å². The normalized spacial score (nSPS) is 11.8. The van der Waals surface area contributed by atoms with Gasteiger partial charge in [-0.1, -0.05) is 28.1 Å². The molecule has 1 atom stereocenters. The Morgan fingerprint density at radius 3 is 2.89 bits per heavy atom. The summed E-state index contributed by atoms with van der Waals surface area (Å²) in [6.45, 7) is 0. The molecule has 0 aliphatic rings. The molecule has 1 unspecified atom stereocenters. The number of hydrogen-bond donors (Lipinski definition) is 0. The quantitative estimate of drug-likeness (QED) is 0.819. The van der Waals surface area contributed by atoms with Gasteiger partial charge in [0, 0.05) is 23.9 Å². The topological polar surface area (TPSA) is 58.7 Å². The van der Waals surface area contributed by atoms with Gasteiger partial charge in [0.1, 0.15) is 5.92 Å². The van der Waals surface area contributed by atoms with Crippen molar-refractivity contribution >= 4 is 21.7 Å². The van der Waals surface area contributed by atoms with Crippen molar-refractivity contribution in [2.24, 2.45) is 7.05 Å². The largest absolute Gasteiger partial charge is 0.332 e. The number of ketones is 1. The lowest BCUT2D eigenvalue weighted by Crippen LogP contribution is -2.15. The van der Waals surface area contributed by atoms with Gasteiger partial charge >= 0.3 is 0 Å². The molecular weight excluding hydrogens is 294 g/mol.